The van der Waals surface area contributed by atoms with Crippen molar-refractivity contribution in [3.05, 3.63) is 47.7 Å². The molecule has 202 valence electrons. The number of allylic oxidation sites excluding steroid dienone is 2. The Hall–Kier alpha value is -1.18. The number of rotatable bonds is 9. The smallest absolute Gasteiger partial charge is 0.200 e. The fourth-order valence-electron chi connectivity index (χ4n) is 6.95. The highest BCUT2D eigenvalue weighted by molar-refractivity contribution is 6.77. The number of fused-ring (bicyclic) bond motifs is 2. The molecule has 3 heterocycles. The van der Waals surface area contributed by atoms with Crippen LogP contribution in [0.1, 0.15) is 79.7 Å². The Bertz CT molecular complexity index is 832. The van der Waals surface area contributed by atoms with Crippen molar-refractivity contribution in [2.45, 2.75) is 134 Å². The molecule has 0 spiro atoms. The molecule has 0 bridgehead atoms. The lowest BCUT2D eigenvalue weighted by Gasteiger charge is -2.49. The van der Waals surface area contributed by atoms with E-state index >= 15 is 0 Å². The quantitative estimate of drug-likeness (QED) is 0.326. The number of benzene rings is 1. The van der Waals surface area contributed by atoms with Gasteiger partial charge in [0.15, 0.2) is 8.32 Å². The number of hydrogen-bond acceptors (Lipinski definition) is 5. The molecule has 36 heavy (non-hydrogen) atoms. The predicted octanol–water partition coefficient (Wildman–Crippen LogP) is 7.16. The van der Waals surface area contributed by atoms with E-state index in [0.29, 0.717) is 29.8 Å². The van der Waals surface area contributed by atoms with Crippen LogP contribution in [0.15, 0.2) is 42.2 Å². The molecule has 0 saturated carbocycles. The second kappa shape index (κ2) is 12.1. The van der Waals surface area contributed by atoms with E-state index in [1.54, 1.807) is 0 Å². The lowest BCUT2D eigenvalue weighted by atomic mass is 9.88. The first kappa shape index (κ1) is 27.8. The molecule has 0 unspecified atom stereocenters. The Balaban J connectivity index is 1.50. The van der Waals surface area contributed by atoms with Crippen LogP contribution < -0.4 is 0 Å². The summed E-state index contributed by atoms with van der Waals surface area (Å²) >= 11 is 0. The van der Waals surface area contributed by atoms with E-state index < -0.39 is 8.32 Å². The third kappa shape index (κ3) is 6.10. The first-order valence-electron chi connectivity index (χ1n) is 14.1. The fraction of sp³-hybridized carbons (Fsp3) is 0.733. The Morgan fingerprint density at radius 2 is 1.58 bits per heavy atom. The molecular weight excluding hydrogens is 468 g/mol. The summed E-state index contributed by atoms with van der Waals surface area (Å²) < 4.78 is 33.2. The predicted molar refractivity (Wildman–Crippen MR) is 146 cm³/mol. The molecule has 3 aliphatic heterocycles. The minimum Gasteiger partial charge on any atom is -0.493 e. The zero-order chi connectivity index (χ0) is 25.9. The third-order valence-corrected chi connectivity index (χ3v) is 14.6. The summed E-state index contributed by atoms with van der Waals surface area (Å²) in [5.74, 6) is 0.999. The molecule has 1 aromatic carbocycles. The zero-order valence-electron chi connectivity index (χ0n) is 23.4. The molecular formula is C30H48O5Si. The van der Waals surface area contributed by atoms with E-state index in [1.807, 2.05) is 13.0 Å². The van der Waals surface area contributed by atoms with Crippen molar-refractivity contribution in [3.8, 4) is 0 Å². The highest BCUT2D eigenvalue weighted by Crippen LogP contribution is 2.43. The fourth-order valence-corrected chi connectivity index (χ4v) is 12.4. The van der Waals surface area contributed by atoms with Crippen LogP contribution in [0.25, 0.3) is 0 Å². The van der Waals surface area contributed by atoms with E-state index in [1.165, 1.54) is 5.56 Å². The summed E-state index contributed by atoms with van der Waals surface area (Å²) in [7, 11) is -1.98. The molecule has 0 aliphatic carbocycles. The maximum atomic E-state index is 6.97. The van der Waals surface area contributed by atoms with E-state index in [0.717, 1.165) is 31.4 Å². The number of ether oxygens (including phenoxy) is 4. The van der Waals surface area contributed by atoms with Crippen molar-refractivity contribution in [2.75, 3.05) is 6.61 Å². The van der Waals surface area contributed by atoms with Crippen molar-refractivity contribution in [3.63, 3.8) is 0 Å². The van der Waals surface area contributed by atoms with Gasteiger partial charge in [-0.15, -0.1) is 0 Å². The molecule has 1 aromatic rings. The first-order valence-corrected chi connectivity index (χ1v) is 16.3. The summed E-state index contributed by atoms with van der Waals surface area (Å²) in [6.07, 6.45) is 5.76. The van der Waals surface area contributed by atoms with Crippen LogP contribution in [0.4, 0.5) is 0 Å². The molecule has 2 saturated heterocycles. The minimum atomic E-state index is -1.98. The first-order chi connectivity index (χ1) is 17.2. The van der Waals surface area contributed by atoms with Gasteiger partial charge in [0.2, 0.25) is 0 Å². The lowest BCUT2D eigenvalue weighted by molar-refractivity contribution is -0.264. The molecule has 3 aliphatic rings. The van der Waals surface area contributed by atoms with Crippen LogP contribution in [0, 0.1) is 0 Å². The van der Waals surface area contributed by atoms with Gasteiger partial charge in [0, 0.05) is 12.8 Å². The Labute approximate surface area is 220 Å². The largest absolute Gasteiger partial charge is 0.493 e. The second-order valence-electron chi connectivity index (χ2n) is 11.9. The van der Waals surface area contributed by atoms with Gasteiger partial charge in [-0.1, -0.05) is 71.9 Å². The summed E-state index contributed by atoms with van der Waals surface area (Å²) in [6, 6.07) is 10.4. The van der Waals surface area contributed by atoms with Gasteiger partial charge in [-0.2, -0.15) is 0 Å². The molecule has 0 aromatic heterocycles. The van der Waals surface area contributed by atoms with Gasteiger partial charge in [-0.05, 0) is 48.0 Å². The van der Waals surface area contributed by atoms with E-state index in [-0.39, 0.29) is 36.6 Å². The van der Waals surface area contributed by atoms with Crippen LogP contribution in [0.2, 0.25) is 16.6 Å². The molecule has 0 radical (unpaired) electrons. The maximum absolute atomic E-state index is 6.97. The van der Waals surface area contributed by atoms with Crippen molar-refractivity contribution in [1.82, 2.24) is 0 Å². The molecule has 0 amide bonds. The molecule has 5 nitrogen and oxygen atoms in total. The van der Waals surface area contributed by atoms with Crippen LogP contribution in [-0.4, -0.2) is 51.5 Å². The number of hydrogen-bond donors (Lipinski definition) is 0. The molecule has 2 fully saturated rings. The van der Waals surface area contributed by atoms with Gasteiger partial charge < -0.3 is 23.4 Å². The van der Waals surface area contributed by atoms with E-state index in [9.17, 15) is 0 Å². The summed E-state index contributed by atoms with van der Waals surface area (Å²) in [5.41, 5.74) is 2.83. The summed E-state index contributed by atoms with van der Waals surface area (Å²) in [6.45, 7) is 17.3. The highest BCUT2D eigenvalue weighted by atomic mass is 28.4. The van der Waals surface area contributed by atoms with E-state index in [2.05, 4.69) is 71.9 Å². The molecule has 0 N–H and O–H groups in total. The van der Waals surface area contributed by atoms with Crippen molar-refractivity contribution in [2.24, 2.45) is 0 Å². The second-order valence-corrected chi connectivity index (χ2v) is 17.4. The maximum Gasteiger partial charge on any atom is 0.200 e. The normalized spacial score (nSPS) is 31.0. The Morgan fingerprint density at radius 3 is 2.25 bits per heavy atom. The van der Waals surface area contributed by atoms with Gasteiger partial charge in [0.1, 0.15) is 12.2 Å². The average molecular weight is 517 g/mol. The van der Waals surface area contributed by atoms with Crippen LogP contribution in [0.3, 0.4) is 0 Å². The standard InChI is InChI=1S/C30H48O5Si/c1-20(2)36(21(3)4,22(5)6)32-19-25-16-28(31-18-24-13-9-8-10-14-24)30-29(34-25)17-27-26(35-30)15-11-12-23(7)33-27/h8-10,12-14,20-22,25-30H,11,15-19H2,1-7H3/t25-,26+,27-,28-,29+,30-/m0/s1. The minimum absolute atomic E-state index is 0.00212. The topological polar surface area (TPSA) is 46.2 Å². The van der Waals surface area contributed by atoms with Gasteiger partial charge in [0.25, 0.3) is 0 Å². The van der Waals surface area contributed by atoms with Gasteiger partial charge in [-0.25, -0.2) is 0 Å². The summed E-state index contributed by atoms with van der Waals surface area (Å²) in [4.78, 5) is 0. The average Bonchev–Trinajstić information content (AvgIpc) is 3.01. The molecule has 4 rings (SSSR count). The summed E-state index contributed by atoms with van der Waals surface area (Å²) in [5, 5.41) is 0. The van der Waals surface area contributed by atoms with Crippen LogP contribution >= 0.6 is 0 Å². The highest BCUT2D eigenvalue weighted by Gasteiger charge is 2.50. The van der Waals surface area contributed by atoms with Crippen molar-refractivity contribution in [1.29, 1.82) is 0 Å². The molecule has 6 atom stereocenters. The molecule has 6 heteroatoms. The van der Waals surface area contributed by atoms with Crippen molar-refractivity contribution < 1.29 is 23.4 Å². The van der Waals surface area contributed by atoms with Crippen molar-refractivity contribution >= 4 is 8.32 Å². The monoisotopic (exact) mass is 516 g/mol. The third-order valence-electron chi connectivity index (χ3n) is 8.56. The Morgan fingerprint density at radius 1 is 0.889 bits per heavy atom. The van der Waals surface area contributed by atoms with Gasteiger partial charge >= 0.3 is 0 Å². The lowest BCUT2D eigenvalue weighted by Crippen LogP contribution is -2.59. The van der Waals surface area contributed by atoms with Crippen LogP contribution in [-0.2, 0) is 30.0 Å². The Kier molecular flexibility index (Phi) is 9.37. The van der Waals surface area contributed by atoms with E-state index in [4.69, 9.17) is 23.4 Å². The van der Waals surface area contributed by atoms with Gasteiger partial charge in [0.05, 0.1) is 43.4 Å². The van der Waals surface area contributed by atoms with Gasteiger partial charge in [-0.3, -0.25) is 0 Å². The zero-order valence-corrected chi connectivity index (χ0v) is 24.4. The van der Waals surface area contributed by atoms with Crippen LogP contribution in [0.5, 0.6) is 0 Å². The SMILES string of the molecule is CC1=CCC[C@H]2O[C@H]3[C@@H](OCc4ccccc4)C[C@@H](CO[Si](C(C)C)(C(C)C)C(C)C)O[C@@H]3C[C@@H]2O1.